The molecule has 0 bridgehead atoms. The van der Waals surface area contributed by atoms with E-state index in [0.717, 1.165) is 18.2 Å². The third kappa shape index (κ3) is 8.37. The van der Waals surface area contributed by atoms with E-state index in [0.29, 0.717) is 0 Å². The largest absolute Gasteiger partial charge is 0.460 e. The summed E-state index contributed by atoms with van der Waals surface area (Å²) in [5.41, 5.74) is -0.226. The SMILES string of the molecule is FC(F)(F)C(F)(F)C(F)(F)C(F)(F)C(F)(F)C(F)(F)CCCCc1ccc(Br)cc1CCCCC(F)(F)C(F)(F)C(F)(F)C(F)(F)C(F)(F)C(F)(F)F. The van der Waals surface area contributed by atoms with Crippen LogP contribution in [0.1, 0.15) is 49.7 Å². The quantitative estimate of drug-likeness (QED) is 0.102. The van der Waals surface area contributed by atoms with Crippen LogP contribution < -0.4 is 0 Å². The first-order valence-electron chi connectivity index (χ1n) is 13.8. The fraction of sp³-hybridized carbons (Fsp3) is 0.769. The van der Waals surface area contributed by atoms with Crippen molar-refractivity contribution < 1.29 is 114 Å². The van der Waals surface area contributed by atoms with E-state index in [1.54, 1.807) is 0 Å². The van der Waals surface area contributed by atoms with Crippen LogP contribution >= 0.6 is 15.9 Å². The fourth-order valence-electron chi connectivity index (χ4n) is 4.31. The van der Waals surface area contributed by atoms with Crippen LogP contribution in [0.25, 0.3) is 0 Å². The highest BCUT2D eigenvalue weighted by Gasteiger charge is 2.91. The summed E-state index contributed by atoms with van der Waals surface area (Å²) in [4.78, 5) is 0. The van der Waals surface area contributed by atoms with Crippen LogP contribution in [0.5, 0.6) is 0 Å². The minimum Gasteiger partial charge on any atom is -0.200 e. The van der Waals surface area contributed by atoms with Gasteiger partial charge in [-0.25, -0.2) is 0 Å². The van der Waals surface area contributed by atoms with Crippen LogP contribution in [0.4, 0.5) is 114 Å². The first kappa shape index (κ1) is 48.9. The molecule has 0 aliphatic rings. The Bertz CT molecular complexity index is 1390. The van der Waals surface area contributed by atoms with E-state index in [-0.39, 0.29) is 15.6 Å². The molecule has 0 fully saturated rings. The summed E-state index contributed by atoms with van der Waals surface area (Å²) >= 11 is 2.87. The first-order chi connectivity index (χ1) is 23.1. The smallest absolute Gasteiger partial charge is 0.200 e. The lowest BCUT2D eigenvalue weighted by Crippen LogP contribution is -2.70. The Balaban J connectivity index is 3.06. The van der Waals surface area contributed by atoms with Crippen LogP contribution in [0.2, 0.25) is 0 Å². The molecule has 1 aromatic carbocycles. The van der Waals surface area contributed by atoms with E-state index < -0.39 is 123 Å². The van der Waals surface area contributed by atoms with E-state index in [9.17, 15) is 114 Å². The van der Waals surface area contributed by atoms with E-state index in [1.807, 2.05) is 0 Å². The summed E-state index contributed by atoms with van der Waals surface area (Å²) in [6, 6.07) is 3.24. The van der Waals surface area contributed by atoms with Gasteiger partial charge in [-0.3, -0.25) is 0 Å². The van der Waals surface area contributed by atoms with Gasteiger partial charge in [-0.15, -0.1) is 0 Å². The Hall–Kier alpha value is -2.12. The standard InChI is InChI=1S/C26H19BrF26/c27-14-8-7-12(5-1-3-9-15(28,29)17(32,33)19(36,37)21(40,41)23(44,45)25(48,49)50)13(11-14)6-2-4-10-16(30,31)18(34,35)20(38,39)22(42,43)24(46,47)26(51,52)53/h7-8,11H,1-6,9-10H2. The molecular formula is C26H19BrF26. The summed E-state index contributed by atoms with van der Waals surface area (Å²) in [6.07, 6.45) is -26.0. The van der Waals surface area contributed by atoms with Crippen LogP contribution in [0.15, 0.2) is 22.7 Å². The third-order valence-electron chi connectivity index (χ3n) is 7.54. The average Bonchev–Trinajstić information content (AvgIpc) is 2.96. The van der Waals surface area contributed by atoms with Gasteiger partial charge < -0.3 is 0 Å². The van der Waals surface area contributed by atoms with Gasteiger partial charge in [-0.05, 0) is 61.8 Å². The van der Waals surface area contributed by atoms with Gasteiger partial charge in [0, 0.05) is 17.3 Å². The summed E-state index contributed by atoms with van der Waals surface area (Å²) in [5.74, 6) is -75.9. The van der Waals surface area contributed by atoms with Crippen LogP contribution in [0, 0.1) is 0 Å². The van der Waals surface area contributed by atoms with Gasteiger partial charge in [0.05, 0.1) is 0 Å². The summed E-state index contributed by atoms with van der Waals surface area (Å²) in [5, 5.41) is 0. The second kappa shape index (κ2) is 14.8. The molecule has 0 heterocycles. The predicted octanol–water partition coefficient (Wildman–Crippen LogP) is 13.4. The van der Waals surface area contributed by atoms with Crippen molar-refractivity contribution in [1.82, 2.24) is 0 Å². The van der Waals surface area contributed by atoms with E-state index in [1.165, 1.54) is 0 Å². The maximum atomic E-state index is 14.0. The molecule has 0 saturated carbocycles. The van der Waals surface area contributed by atoms with Gasteiger partial charge in [0.25, 0.3) is 0 Å². The molecule has 0 atom stereocenters. The van der Waals surface area contributed by atoms with Gasteiger partial charge in [0.1, 0.15) is 0 Å². The molecule has 0 unspecified atom stereocenters. The lowest BCUT2D eigenvalue weighted by Gasteiger charge is -2.39. The molecule has 0 aromatic heterocycles. The van der Waals surface area contributed by atoms with Crippen molar-refractivity contribution in [3.8, 4) is 0 Å². The second-order valence-electron chi connectivity index (χ2n) is 11.3. The predicted molar refractivity (Wildman–Crippen MR) is 131 cm³/mol. The third-order valence-corrected chi connectivity index (χ3v) is 8.03. The highest BCUT2D eigenvalue weighted by molar-refractivity contribution is 9.10. The van der Waals surface area contributed by atoms with E-state index in [2.05, 4.69) is 15.9 Å². The zero-order chi connectivity index (χ0) is 42.5. The van der Waals surface area contributed by atoms with Gasteiger partial charge >= 0.3 is 71.6 Å². The van der Waals surface area contributed by atoms with Crippen LogP contribution in [-0.2, 0) is 12.8 Å². The summed E-state index contributed by atoms with van der Waals surface area (Å²) < 4.78 is 345. The Kier molecular flexibility index (Phi) is 13.6. The fourth-order valence-corrected chi connectivity index (χ4v) is 4.72. The molecule has 0 amide bonds. The highest BCUT2D eigenvalue weighted by atomic mass is 79.9. The summed E-state index contributed by atoms with van der Waals surface area (Å²) in [7, 11) is 0. The lowest BCUT2D eigenvalue weighted by molar-refractivity contribution is -0.440. The Morgan fingerprint density at radius 1 is 0.340 bits per heavy atom. The highest BCUT2D eigenvalue weighted by Crippen LogP contribution is 2.62. The Labute approximate surface area is 287 Å². The maximum Gasteiger partial charge on any atom is 0.460 e. The molecule has 0 aliphatic carbocycles. The monoisotopic (exact) mass is 904 g/mol. The number of aryl methyl sites for hydroxylation is 2. The first-order valence-corrected chi connectivity index (χ1v) is 14.5. The minimum atomic E-state index is -8.11. The number of hydrogen-bond acceptors (Lipinski definition) is 0. The van der Waals surface area contributed by atoms with Crippen molar-refractivity contribution >= 4 is 15.9 Å². The van der Waals surface area contributed by atoms with Gasteiger partial charge in [0.2, 0.25) is 0 Å². The van der Waals surface area contributed by atoms with Gasteiger partial charge in [-0.2, -0.15) is 114 Å². The molecule has 0 aliphatic heterocycles. The van der Waals surface area contributed by atoms with E-state index in [4.69, 9.17) is 0 Å². The second-order valence-corrected chi connectivity index (χ2v) is 12.2. The average molecular weight is 905 g/mol. The number of halogens is 27. The molecule has 27 heteroatoms. The molecule has 0 N–H and O–H groups in total. The Morgan fingerprint density at radius 2 is 0.623 bits per heavy atom. The normalized spacial score (nSPS) is 15.7. The Morgan fingerprint density at radius 3 is 0.925 bits per heavy atom. The number of benzene rings is 1. The molecule has 53 heavy (non-hydrogen) atoms. The maximum absolute atomic E-state index is 14.0. The number of hydrogen-bond donors (Lipinski definition) is 0. The van der Waals surface area contributed by atoms with Crippen molar-refractivity contribution in [2.24, 2.45) is 0 Å². The minimum absolute atomic E-state index is 0.0885. The molecule has 1 aromatic rings. The number of rotatable bonds is 18. The molecule has 1 rings (SSSR count). The zero-order valence-electron chi connectivity index (χ0n) is 25.1. The topological polar surface area (TPSA) is 0 Å². The van der Waals surface area contributed by atoms with Gasteiger partial charge in [-0.1, -0.05) is 22.0 Å². The van der Waals surface area contributed by atoms with Crippen molar-refractivity contribution in [2.75, 3.05) is 0 Å². The molecule has 0 radical (unpaired) electrons. The van der Waals surface area contributed by atoms with Crippen LogP contribution in [-0.4, -0.2) is 71.6 Å². The van der Waals surface area contributed by atoms with Crippen molar-refractivity contribution in [3.63, 3.8) is 0 Å². The molecule has 0 spiro atoms. The lowest BCUT2D eigenvalue weighted by atomic mass is 9.90. The zero-order valence-corrected chi connectivity index (χ0v) is 26.7. The van der Waals surface area contributed by atoms with Crippen LogP contribution in [0.3, 0.4) is 0 Å². The molecule has 0 saturated heterocycles. The van der Waals surface area contributed by atoms with Crippen molar-refractivity contribution in [3.05, 3.63) is 33.8 Å². The number of alkyl halides is 26. The number of unbranched alkanes of at least 4 members (excludes halogenated alkanes) is 2. The molecule has 0 nitrogen and oxygen atoms in total. The summed E-state index contributed by atoms with van der Waals surface area (Å²) in [6.45, 7) is 0. The van der Waals surface area contributed by atoms with Crippen molar-refractivity contribution in [2.45, 2.75) is 123 Å². The molecular weight excluding hydrogens is 886 g/mol. The van der Waals surface area contributed by atoms with Crippen molar-refractivity contribution in [1.29, 1.82) is 0 Å². The van der Waals surface area contributed by atoms with Gasteiger partial charge in [0.15, 0.2) is 0 Å². The van der Waals surface area contributed by atoms with E-state index >= 15 is 0 Å². The molecule has 312 valence electrons.